The Hall–Kier alpha value is -3.82. The number of benzene rings is 1. The number of ether oxygens (including phenoxy) is 2. The molecule has 5 heterocycles. The van der Waals surface area contributed by atoms with E-state index in [0.29, 0.717) is 46.9 Å². The molecule has 0 radical (unpaired) electrons. The number of carbonyl (C=O) groups is 1. The third kappa shape index (κ3) is 3.97. The second-order valence-corrected chi connectivity index (χ2v) is 12.4. The summed E-state index contributed by atoms with van der Waals surface area (Å²) in [7, 11) is 0. The van der Waals surface area contributed by atoms with Crippen LogP contribution in [0.5, 0.6) is 6.01 Å². The highest BCUT2D eigenvalue weighted by Gasteiger charge is 2.52. The van der Waals surface area contributed by atoms with Crippen LogP contribution in [0.1, 0.15) is 60.1 Å². The van der Waals surface area contributed by atoms with Crippen molar-refractivity contribution in [1.82, 2.24) is 14.9 Å². The van der Waals surface area contributed by atoms with Crippen molar-refractivity contribution in [2.24, 2.45) is 5.73 Å². The Morgan fingerprint density at radius 3 is 2.90 bits per heavy atom. The Morgan fingerprint density at radius 2 is 2.14 bits per heavy atom. The maximum absolute atomic E-state index is 14.9. The van der Waals surface area contributed by atoms with Gasteiger partial charge in [0.25, 0.3) is 5.91 Å². The second kappa shape index (κ2) is 9.34. The molecule has 1 aromatic heterocycles. The number of aromatic nitrogens is 2. The number of amides is 1. The van der Waals surface area contributed by atoms with E-state index in [0.717, 1.165) is 24.9 Å². The fraction of sp³-hybridized carbons (Fsp3) is 0.533. The van der Waals surface area contributed by atoms with E-state index in [1.54, 1.807) is 11.0 Å². The first-order valence-corrected chi connectivity index (χ1v) is 14.4. The Bertz CT molecular complexity index is 1550. The van der Waals surface area contributed by atoms with E-state index < -0.39 is 28.9 Å². The van der Waals surface area contributed by atoms with Gasteiger partial charge in [0.05, 0.1) is 36.5 Å². The molecule has 42 heavy (non-hydrogen) atoms. The zero-order chi connectivity index (χ0) is 29.4. The van der Waals surface area contributed by atoms with E-state index in [4.69, 9.17) is 25.9 Å². The third-order valence-electron chi connectivity index (χ3n) is 9.76. The van der Waals surface area contributed by atoms with E-state index in [1.807, 2.05) is 25.1 Å². The van der Waals surface area contributed by atoms with Gasteiger partial charge in [0.1, 0.15) is 30.3 Å². The van der Waals surface area contributed by atoms with Crippen molar-refractivity contribution in [3.63, 3.8) is 0 Å². The first kappa shape index (κ1) is 27.0. The molecule has 7 rings (SSSR count). The van der Waals surface area contributed by atoms with Gasteiger partial charge in [0.15, 0.2) is 0 Å². The summed E-state index contributed by atoms with van der Waals surface area (Å²) in [6.07, 6.45) is 5.57. The molecule has 3 saturated heterocycles. The summed E-state index contributed by atoms with van der Waals surface area (Å²) in [6.45, 7) is 3.10. The minimum absolute atomic E-state index is 0.0510. The zero-order valence-electron chi connectivity index (χ0n) is 23.4. The monoisotopic (exact) mass is 577 g/mol. The minimum atomic E-state index is -2.15. The molecular weight excluding hydrogens is 544 g/mol. The second-order valence-electron chi connectivity index (χ2n) is 12.4. The van der Waals surface area contributed by atoms with Gasteiger partial charge in [0.2, 0.25) is 5.67 Å². The molecule has 220 valence electrons. The zero-order valence-corrected chi connectivity index (χ0v) is 23.4. The molecule has 0 saturated carbocycles. The first-order valence-electron chi connectivity index (χ1n) is 14.4. The molecule has 1 aromatic carbocycles. The number of hydrogen-bond acceptors (Lipinski definition) is 9. The van der Waals surface area contributed by atoms with Crippen LogP contribution in [0.4, 0.5) is 20.3 Å². The van der Waals surface area contributed by atoms with Gasteiger partial charge in [-0.15, -0.1) is 0 Å². The summed E-state index contributed by atoms with van der Waals surface area (Å²) in [5.41, 5.74) is 11.7. The van der Waals surface area contributed by atoms with Gasteiger partial charge in [-0.1, -0.05) is 25.1 Å². The standard InChI is InChI=1S/C30H33F2N7O3/c1-17-5-7-30(24-19(17)3-4-22(34)20(24)11-33)10-23-21(13-42-30)25(38-14-29(32,15-38)26(35)40)37-27(36-23)41-16-28-6-2-8-39(28)12-18(31)9-28/h3-5,7,17-18H,2,6,8-10,12-16,34H2,1H3,(H2,35,40). The lowest BCUT2D eigenvalue weighted by Gasteiger charge is -2.45. The lowest BCUT2D eigenvalue weighted by molar-refractivity contribution is -0.131. The molecule has 3 fully saturated rings. The number of fused-ring (bicyclic) bond motifs is 4. The molecule has 1 aliphatic carbocycles. The van der Waals surface area contributed by atoms with Crippen LogP contribution in [0.3, 0.4) is 0 Å². The van der Waals surface area contributed by atoms with Gasteiger partial charge in [-0.3, -0.25) is 9.69 Å². The predicted octanol–water partition coefficient (Wildman–Crippen LogP) is 2.54. The molecule has 0 bridgehead atoms. The van der Waals surface area contributed by atoms with E-state index in [2.05, 4.69) is 16.0 Å². The average molecular weight is 578 g/mol. The number of primary amides is 1. The van der Waals surface area contributed by atoms with Gasteiger partial charge < -0.3 is 25.8 Å². The van der Waals surface area contributed by atoms with Crippen LogP contribution in [0.15, 0.2) is 24.3 Å². The van der Waals surface area contributed by atoms with Gasteiger partial charge in [-0.2, -0.15) is 15.2 Å². The first-order chi connectivity index (χ1) is 20.1. The van der Waals surface area contributed by atoms with E-state index >= 15 is 0 Å². The molecular formula is C30H33F2N7O3. The van der Waals surface area contributed by atoms with E-state index in [1.165, 1.54) is 0 Å². The normalized spacial score (nSPS) is 30.8. The van der Waals surface area contributed by atoms with Crippen molar-refractivity contribution in [2.45, 2.75) is 68.1 Å². The van der Waals surface area contributed by atoms with Gasteiger partial charge in [-0.05, 0) is 36.9 Å². The number of hydrogen-bond donors (Lipinski definition) is 2. The molecule has 4 atom stereocenters. The Morgan fingerprint density at radius 1 is 1.33 bits per heavy atom. The maximum Gasteiger partial charge on any atom is 0.318 e. The van der Waals surface area contributed by atoms with Crippen molar-refractivity contribution in [2.75, 3.05) is 43.4 Å². The number of carbonyl (C=O) groups excluding carboxylic acids is 1. The lowest BCUT2D eigenvalue weighted by atomic mass is 9.73. The summed E-state index contributed by atoms with van der Waals surface area (Å²) in [6, 6.07) is 6.04. The smallest absolute Gasteiger partial charge is 0.318 e. The van der Waals surface area contributed by atoms with Gasteiger partial charge in [-0.25, -0.2) is 8.78 Å². The molecule has 1 amide bonds. The van der Waals surface area contributed by atoms with Crippen LogP contribution in [0.2, 0.25) is 0 Å². The Balaban J connectivity index is 1.28. The quantitative estimate of drug-likeness (QED) is 0.405. The number of nitrogen functional groups attached to an aromatic ring is 1. The van der Waals surface area contributed by atoms with Crippen LogP contribution in [0.25, 0.3) is 0 Å². The summed E-state index contributed by atoms with van der Waals surface area (Å²) in [4.78, 5) is 25.0. The highest BCUT2D eigenvalue weighted by Crippen LogP contribution is 2.49. The van der Waals surface area contributed by atoms with Crippen molar-refractivity contribution < 1.29 is 23.0 Å². The fourth-order valence-corrected chi connectivity index (χ4v) is 7.47. The highest BCUT2D eigenvalue weighted by atomic mass is 19.1. The van der Waals surface area contributed by atoms with Gasteiger partial charge in [0, 0.05) is 36.2 Å². The summed E-state index contributed by atoms with van der Waals surface area (Å²) >= 11 is 0. The van der Waals surface area contributed by atoms with Gasteiger partial charge >= 0.3 is 6.01 Å². The van der Waals surface area contributed by atoms with Crippen LogP contribution in [0, 0.1) is 11.3 Å². The predicted molar refractivity (Wildman–Crippen MR) is 149 cm³/mol. The highest BCUT2D eigenvalue weighted by molar-refractivity contribution is 5.87. The van der Waals surface area contributed by atoms with E-state index in [9.17, 15) is 18.8 Å². The minimum Gasteiger partial charge on any atom is -0.461 e. The molecule has 1 spiro atoms. The molecule has 5 aliphatic rings. The topological polar surface area (TPSA) is 144 Å². The summed E-state index contributed by atoms with van der Waals surface area (Å²) in [5, 5.41) is 10.1. The number of nitrogens with two attached hydrogens (primary N) is 2. The summed E-state index contributed by atoms with van der Waals surface area (Å²) < 4.78 is 42.1. The lowest BCUT2D eigenvalue weighted by Crippen LogP contribution is -2.66. The number of rotatable bonds is 5. The van der Waals surface area contributed by atoms with Crippen molar-refractivity contribution in [3.8, 4) is 12.1 Å². The molecule has 4 unspecified atom stereocenters. The molecule has 4 N–H and O–H groups in total. The third-order valence-corrected chi connectivity index (χ3v) is 9.76. The summed E-state index contributed by atoms with van der Waals surface area (Å²) in [5.74, 6) is -0.554. The van der Waals surface area contributed by atoms with Crippen molar-refractivity contribution in [3.05, 3.63) is 52.2 Å². The number of nitrogens with zero attached hydrogens (tertiary/aromatic N) is 5. The Labute approximate surface area is 242 Å². The maximum atomic E-state index is 14.9. The Kier molecular flexibility index (Phi) is 6.01. The van der Waals surface area contributed by atoms with Crippen molar-refractivity contribution >= 4 is 17.4 Å². The fourth-order valence-electron chi connectivity index (χ4n) is 7.47. The molecule has 10 nitrogen and oxygen atoms in total. The number of nitriles is 1. The molecule has 2 aromatic rings. The number of alkyl halides is 2. The number of anilines is 2. The van der Waals surface area contributed by atoms with E-state index in [-0.39, 0.29) is 44.7 Å². The molecule has 12 heteroatoms. The van der Waals surface area contributed by atoms with Crippen LogP contribution < -0.4 is 21.1 Å². The van der Waals surface area contributed by atoms with Crippen molar-refractivity contribution in [1.29, 1.82) is 5.26 Å². The van der Waals surface area contributed by atoms with Crippen LogP contribution in [-0.4, -0.2) is 70.9 Å². The number of allylic oxidation sites excluding steroid dienone is 1. The molecule has 4 aliphatic heterocycles. The SMILES string of the molecule is CC1C=CC2(Cc3nc(OCC45CCCN4CC(F)C5)nc(N4CC(F)(C(N)=O)C4)c3CO2)c2c1ccc(N)c2C#N. The largest absolute Gasteiger partial charge is 0.461 e. The van der Waals surface area contributed by atoms with Crippen LogP contribution >= 0.6 is 0 Å². The average Bonchev–Trinajstić information content (AvgIpc) is 3.47. The van der Waals surface area contributed by atoms with Crippen LogP contribution in [-0.2, 0) is 28.2 Å². The number of halogens is 2.